The molecule has 0 bridgehead atoms. The summed E-state index contributed by atoms with van der Waals surface area (Å²) < 4.78 is 10.0. The minimum absolute atomic E-state index is 0.320. The van der Waals surface area contributed by atoms with Gasteiger partial charge >= 0.3 is 0 Å². The van der Waals surface area contributed by atoms with Crippen LogP contribution in [0.3, 0.4) is 0 Å². The second-order valence-corrected chi connectivity index (χ2v) is 4.44. The number of aromatic nitrogens is 2. The normalized spacial score (nSPS) is 12.2. The molecule has 0 spiro atoms. The van der Waals surface area contributed by atoms with Gasteiger partial charge in [0.05, 0.1) is 20.4 Å². The highest BCUT2D eigenvalue weighted by Gasteiger charge is 2.17. The lowest BCUT2D eigenvalue weighted by Gasteiger charge is -2.13. The van der Waals surface area contributed by atoms with E-state index in [9.17, 15) is 5.11 Å². The van der Waals surface area contributed by atoms with Crippen molar-refractivity contribution in [2.75, 3.05) is 26.2 Å². The van der Waals surface area contributed by atoms with Crippen LogP contribution in [0.25, 0.3) is 0 Å². The van der Waals surface area contributed by atoms with Gasteiger partial charge in [-0.3, -0.25) is 0 Å². The second-order valence-electron chi connectivity index (χ2n) is 3.46. The summed E-state index contributed by atoms with van der Waals surface area (Å²) in [7, 11) is 3.01. The lowest BCUT2D eigenvalue weighted by Crippen LogP contribution is -2.06. The van der Waals surface area contributed by atoms with Gasteiger partial charge in [-0.15, -0.1) is 0 Å². The molecule has 0 saturated heterocycles. The van der Waals surface area contributed by atoms with E-state index in [2.05, 4.69) is 9.97 Å². The molecule has 0 aliphatic rings. The fraction of sp³-hybridized carbons (Fsp3) is 0.636. The maximum Gasteiger partial charge on any atom is 0.241 e. The third kappa shape index (κ3) is 4.05. The molecule has 0 aromatic carbocycles. The summed E-state index contributed by atoms with van der Waals surface area (Å²) in [5, 5.41) is 9.99. The first kappa shape index (κ1) is 14.1. The second kappa shape index (κ2) is 7.34. The zero-order valence-corrected chi connectivity index (χ0v) is 11.2. The molecule has 1 heterocycles. The Labute approximate surface area is 106 Å². The summed E-state index contributed by atoms with van der Waals surface area (Å²) in [5.41, 5.74) is 0.467. The summed E-state index contributed by atoms with van der Waals surface area (Å²) in [6.07, 6.45) is 4.46. The third-order valence-electron chi connectivity index (χ3n) is 2.29. The van der Waals surface area contributed by atoms with Crippen LogP contribution in [0.2, 0.25) is 0 Å². The van der Waals surface area contributed by atoms with Crippen molar-refractivity contribution in [2.24, 2.45) is 0 Å². The van der Waals surface area contributed by atoms with E-state index in [1.165, 1.54) is 20.4 Å². The van der Waals surface area contributed by atoms with Crippen molar-refractivity contribution in [2.45, 2.75) is 18.9 Å². The zero-order valence-electron chi connectivity index (χ0n) is 10.3. The lowest BCUT2D eigenvalue weighted by molar-refractivity contribution is 0.156. The van der Waals surface area contributed by atoms with E-state index in [4.69, 9.17) is 9.47 Å². The van der Waals surface area contributed by atoms with Crippen LogP contribution in [0.15, 0.2) is 6.20 Å². The molecule has 17 heavy (non-hydrogen) atoms. The average molecular weight is 258 g/mol. The largest absolute Gasteiger partial charge is 0.480 e. The number of thioether (sulfide) groups is 1. The Morgan fingerprint density at radius 2 is 2.18 bits per heavy atom. The van der Waals surface area contributed by atoms with E-state index in [0.29, 0.717) is 23.9 Å². The number of hydrogen-bond acceptors (Lipinski definition) is 6. The highest BCUT2D eigenvalue weighted by atomic mass is 32.2. The third-order valence-corrected chi connectivity index (χ3v) is 2.99. The summed E-state index contributed by atoms with van der Waals surface area (Å²) in [4.78, 5) is 8.22. The van der Waals surface area contributed by atoms with E-state index in [1.807, 2.05) is 6.26 Å². The summed E-state index contributed by atoms with van der Waals surface area (Å²) in [6, 6.07) is 0. The van der Waals surface area contributed by atoms with Crippen molar-refractivity contribution >= 4 is 11.8 Å². The molecule has 1 rings (SSSR count). The Balaban J connectivity index is 2.74. The Hall–Kier alpha value is -1.01. The Morgan fingerprint density at radius 3 is 2.76 bits per heavy atom. The van der Waals surface area contributed by atoms with Crippen LogP contribution in [0, 0.1) is 0 Å². The van der Waals surface area contributed by atoms with E-state index >= 15 is 0 Å². The van der Waals surface area contributed by atoms with E-state index < -0.39 is 6.10 Å². The van der Waals surface area contributed by atoms with Gasteiger partial charge < -0.3 is 14.6 Å². The number of nitrogens with zero attached hydrogens (tertiary/aromatic N) is 2. The molecular formula is C11H18N2O3S. The number of rotatable bonds is 7. The Morgan fingerprint density at radius 1 is 1.41 bits per heavy atom. The van der Waals surface area contributed by atoms with Crippen LogP contribution in [-0.2, 0) is 0 Å². The van der Waals surface area contributed by atoms with Crippen molar-refractivity contribution in [3.8, 4) is 11.8 Å². The van der Waals surface area contributed by atoms with Crippen molar-refractivity contribution in [1.82, 2.24) is 9.97 Å². The number of ether oxygens (including phenoxy) is 2. The molecule has 0 aliphatic carbocycles. The minimum atomic E-state index is -0.643. The van der Waals surface area contributed by atoms with Gasteiger partial charge in [0.15, 0.2) is 0 Å². The molecule has 0 fully saturated rings. The molecule has 1 aromatic heterocycles. The van der Waals surface area contributed by atoms with E-state index in [0.717, 1.165) is 12.2 Å². The predicted octanol–water partition coefficient (Wildman–Crippen LogP) is 1.67. The van der Waals surface area contributed by atoms with Crippen molar-refractivity contribution in [3.05, 3.63) is 11.9 Å². The number of methoxy groups -OCH3 is 2. The fourth-order valence-corrected chi connectivity index (χ4v) is 1.86. The Kier molecular flexibility index (Phi) is 6.07. The van der Waals surface area contributed by atoms with Gasteiger partial charge in [0.1, 0.15) is 11.8 Å². The van der Waals surface area contributed by atoms with Gasteiger partial charge in [0, 0.05) is 0 Å². The van der Waals surface area contributed by atoms with E-state index in [1.54, 1.807) is 11.8 Å². The standard InChI is InChI=1S/C11H18N2O3S/c1-15-9-7-12-10(11(13-9)16-2)8(14)5-4-6-17-3/h7-8,14H,4-6H2,1-3H3. The maximum atomic E-state index is 9.99. The highest BCUT2D eigenvalue weighted by molar-refractivity contribution is 7.98. The average Bonchev–Trinajstić information content (AvgIpc) is 2.38. The molecule has 5 nitrogen and oxygen atoms in total. The van der Waals surface area contributed by atoms with Crippen molar-refractivity contribution in [1.29, 1.82) is 0 Å². The highest BCUT2D eigenvalue weighted by Crippen LogP contribution is 2.26. The smallest absolute Gasteiger partial charge is 0.241 e. The zero-order chi connectivity index (χ0) is 12.7. The van der Waals surface area contributed by atoms with Gasteiger partial charge in [-0.1, -0.05) is 0 Å². The molecule has 6 heteroatoms. The minimum Gasteiger partial charge on any atom is -0.480 e. The number of aliphatic hydroxyl groups excluding tert-OH is 1. The molecule has 0 amide bonds. The van der Waals surface area contributed by atoms with Gasteiger partial charge in [-0.25, -0.2) is 4.98 Å². The molecule has 1 unspecified atom stereocenters. The number of hydrogen-bond donors (Lipinski definition) is 1. The summed E-state index contributed by atoms with van der Waals surface area (Å²) in [5.74, 6) is 1.71. The summed E-state index contributed by atoms with van der Waals surface area (Å²) in [6.45, 7) is 0. The topological polar surface area (TPSA) is 64.5 Å². The first-order chi connectivity index (χ1) is 8.22. The van der Waals surface area contributed by atoms with Gasteiger partial charge in [0.2, 0.25) is 11.8 Å². The number of aliphatic hydroxyl groups is 1. The van der Waals surface area contributed by atoms with Gasteiger partial charge in [-0.05, 0) is 24.9 Å². The van der Waals surface area contributed by atoms with Crippen LogP contribution in [0.4, 0.5) is 0 Å². The van der Waals surface area contributed by atoms with E-state index in [-0.39, 0.29) is 0 Å². The summed E-state index contributed by atoms with van der Waals surface area (Å²) >= 11 is 1.76. The van der Waals surface area contributed by atoms with Crippen LogP contribution >= 0.6 is 11.8 Å². The van der Waals surface area contributed by atoms with Crippen LogP contribution in [0.5, 0.6) is 11.8 Å². The molecule has 0 radical (unpaired) electrons. The first-order valence-corrected chi connectivity index (χ1v) is 6.74. The molecule has 0 saturated carbocycles. The van der Waals surface area contributed by atoms with Gasteiger partial charge in [-0.2, -0.15) is 16.7 Å². The first-order valence-electron chi connectivity index (χ1n) is 5.34. The fourth-order valence-electron chi connectivity index (χ4n) is 1.40. The van der Waals surface area contributed by atoms with Crippen LogP contribution < -0.4 is 9.47 Å². The molecule has 1 aromatic rings. The molecule has 1 N–H and O–H groups in total. The molecular weight excluding hydrogens is 240 g/mol. The lowest BCUT2D eigenvalue weighted by atomic mass is 10.1. The van der Waals surface area contributed by atoms with Crippen molar-refractivity contribution in [3.63, 3.8) is 0 Å². The monoisotopic (exact) mass is 258 g/mol. The molecule has 1 atom stereocenters. The quantitative estimate of drug-likeness (QED) is 0.751. The van der Waals surface area contributed by atoms with Gasteiger partial charge in [0.25, 0.3) is 0 Å². The Bertz CT molecular complexity index is 349. The van der Waals surface area contributed by atoms with Crippen LogP contribution in [0.1, 0.15) is 24.6 Å². The maximum absolute atomic E-state index is 9.99. The SMILES string of the molecule is COc1cnc(C(O)CCCSC)c(OC)n1. The van der Waals surface area contributed by atoms with Crippen LogP contribution in [-0.4, -0.2) is 41.3 Å². The predicted molar refractivity (Wildman–Crippen MR) is 67.7 cm³/mol. The van der Waals surface area contributed by atoms with Crippen molar-refractivity contribution < 1.29 is 14.6 Å². The molecule has 0 aliphatic heterocycles. The molecule has 96 valence electrons.